The van der Waals surface area contributed by atoms with Crippen LogP contribution in [0.15, 0.2) is 0 Å². The molecule has 0 aromatic carbocycles. The molecule has 0 bridgehead atoms. The zero-order valence-corrected chi connectivity index (χ0v) is 7.86. The predicted octanol–water partition coefficient (Wildman–Crippen LogP) is 2.10. The Kier molecular flexibility index (Phi) is 1.91. The Morgan fingerprint density at radius 1 is 1.45 bits per heavy atom. The molecule has 0 saturated carbocycles. The summed E-state index contributed by atoms with van der Waals surface area (Å²) in [5, 5.41) is 0. The van der Waals surface area contributed by atoms with E-state index < -0.39 is 10.5 Å². The van der Waals surface area contributed by atoms with Crippen LogP contribution < -0.4 is 0 Å². The lowest BCUT2D eigenvalue weighted by Gasteiger charge is -2.50. The van der Waals surface area contributed by atoms with E-state index >= 15 is 0 Å². The van der Waals surface area contributed by atoms with E-state index in [-0.39, 0.29) is 5.97 Å². The molecular formula is C8H13ClO2. The molecule has 64 valence electrons. The molecule has 0 aromatic heterocycles. The molecule has 0 unspecified atom stereocenters. The maximum absolute atomic E-state index is 11.0. The van der Waals surface area contributed by atoms with Gasteiger partial charge in [-0.05, 0) is 19.8 Å². The van der Waals surface area contributed by atoms with Crippen LogP contribution in [-0.4, -0.2) is 16.4 Å². The van der Waals surface area contributed by atoms with Crippen molar-refractivity contribution in [2.45, 2.75) is 44.1 Å². The highest BCUT2D eigenvalue weighted by atomic mass is 35.5. The van der Waals surface area contributed by atoms with E-state index in [1.54, 1.807) is 0 Å². The summed E-state index contributed by atoms with van der Waals surface area (Å²) in [6.07, 6.45) is 1.41. The van der Waals surface area contributed by atoms with Crippen molar-refractivity contribution < 1.29 is 9.53 Å². The Morgan fingerprint density at radius 3 is 2.18 bits per heavy atom. The first-order valence-corrected chi connectivity index (χ1v) is 4.30. The van der Waals surface area contributed by atoms with Crippen molar-refractivity contribution in [2.24, 2.45) is 0 Å². The standard InChI is InChI=1S/C8H13ClO2/c1-4-7(3)8(9,5-2)6(10)11-7/h4-5H2,1-3H3/t7-,8+/m1/s1. The Balaban J connectivity index is 2.84. The Morgan fingerprint density at radius 2 is 2.00 bits per heavy atom. The highest BCUT2D eigenvalue weighted by Gasteiger charge is 2.63. The van der Waals surface area contributed by atoms with Crippen molar-refractivity contribution in [2.75, 3.05) is 0 Å². The average Bonchev–Trinajstić information content (AvgIpc) is 2.02. The van der Waals surface area contributed by atoms with Gasteiger partial charge in [-0.1, -0.05) is 13.8 Å². The molecule has 0 radical (unpaired) electrons. The predicted molar refractivity (Wildman–Crippen MR) is 43.7 cm³/mol. The second-order valence-corrected chi connectivity index (χ2v) is 3.77. The van der Waals surface area contributed by atoms with Crippen molar-refractivity contribution in [1.82, 2.24) is 0 Å². The Labute approximate surface area is 71.9 Å². The number of cyclic esters (lactones) is 1. The van der Waals surface area contributed by atoms with Crippen molar-refractivity contribution >= 4 is 17.6 Å². The minimum Gasteiger partial charge on any atom is -0.455 e. The van der Waals surface area contributed by atoms with Crippen LogP contribution in [0.3, 0.4) is 0 Å². The molecule has 0 spiro atoms. The van der Waals surface area contributed by atoms with Crippen LogP contribution in [0.4, 0.5) is 0 Å². The third kappa shape index (κ3) is 0.886. The quantitative estimate of drug-likeness (QED) is 0.476. The summed E-state index contributed by atoms with van der Waals surface area (Å²) < 4.78 is 5.01. The van der Waals surface area contributed by atoms with Crippen molar-refractivity contribution in [3.8, 4) is 0 Å². The molecule has 1 rings (SSSR count). The van der Waals surface area contributed by atoms with Gasteiger partial charge < -0.3 is 4.74 Å². The third-order valence-electron chi connectivity index (χ3n) is 2.64. The lowest BCUT2D eigenvalue weighted by Crippen LogP contribution is -2.66. The topological polar surface area (TPSA) is 26.3 Å². The third-order valence-corrected chi connectivity index (χ3v) is 3.46. The van der Waals surface area contributed by atoms with E-state index in [2.05, 4.69) is 0 Å². The van der Waals surface area contributed by atoms with Gasteiger partial charge >= 0.3 is 5.97 Å². The molecule has 1 aliphatic rings. The minimum absolute atomic E-state index is 0.272. The first-order valence-electron chi connectivity index (χ1n) is 3.92. The summed E-state index contributed by atoms with van der Waals surface area (Å²) in [5.41, 5.74) is -0.444. The highest BCUT2D eigenvalue weighted by molar-refractivity contribution is 6.37. The Bertz CT molecular complexity index is 193. The van der Waals surface area contributed by atoms with E-state index in [0.717, 1.165) is 6.42 Å². The van der Waals surface area contributed by atoms with Gasteiger partial charge in [0.15, 0.2) is 4.87 Å². The number of hydrogen-bond donors (Lipinski definition) is 0. The fraction of sp³-hybridized carbons (Fsp3) is 0.875. The molecular weight excluding hydrogens is 164 g/mol. The lowest BCUT2D eigenvalue weighted by atomic mass is 9.79. The number of carbonyl (C=O) groups is 1. The van der Waals surface area contributed by atoms with E-state index in [0.29, 0.717) is 6.42 Å². The number of alkyl halides is 1. The van der Waals surface area contributed by atoms with E-state index in [1.165, 1.54) is 0 Å². The fourth-order valence-electron chi connectivity index (χ4n) is 1.41. The summed E-state index contributed by atoms with van der Waals surface area (Å²) in [7, 11) is 0. The molecule has 3 heteroatoms. The first-order chi connectivity index (χ1) is 5.00. The monoisotopic (exact) mass is 176 g/mol. The normalized spacial score (nSPS) is 43.1. The molecule has 1 aliphatic heterocycles. The summed E-state index contributed by atoms with van der Waals surface area (Å²) >= 11 is 6.08. The number of ether oxygens (including phenoxy) is 1. The number of hydrogen-bond acceptors (Lipinski definition) is 2. The smallest absolute Gasteiger partial charge is 0.331 e. The van der Waals surface area contributed by atoms with Gasteiger partial charge in [-0.15, -0.1) is 11.6 Å². The van der Waals surface area contributed by atoms with Crippen molar-refractivity contribution in [1.29, 1.82) is 0 Å². The number of rotatable bonds is 2. The molecule has 1 fully saturated rings. The van der Waals surface area contributed by atoms with E-state index in [4.69, 9.17) is 16.3 Å². The van der Waals surface area contributed by atoms with Crippen LogP contribution in [0.2, 0.25) is 0 Å². The van der Waals surface area contributed by atoms with Crippen LogP contribution in [0.25, 0.3) is 0 Å². The molecule has 0 aromatic rings. The molecule has 1 heterocycles. The fourth-order valence-corrected chi connectivity index (χ4v) is 1.62. The minimum atomic E-state index is -0.762. The second kappa shape index (κ2) is 2.37. The Hall–Kier alpha value is -0.240. The van der Waals surface area contributed by atoms with E-state index in [1.807, 2.05) is 20.8 Å². The average molecular weight is 177 g/mol. The number of halogens is 1. The summed E-state index contributed by atoms with van der Waals surface area (Å²) in [6, 6.07) is 0. The molecule has 0 N–H and O–H groups in total. The molecule has 0 aliphatic carbocycles. The van der Waals surface area contributed by atoms with Gasteiger partial charge in [-0.25, -0.2) is 4.79 Å². The maximum atomic E-state index is 11.0. The van der Waals surface area contributed by atoms with Crippen molar-refractivity contribution in [3.63, 3.8) is 0 Å². The summed E-state index contributed by atoms with van der Waals surface area (Å²) in [5.74, 6) is -0.272. The molecule has 11 heavy (non-hydrogen) atoms. The zero-order chi connectivity index (χ0) is 8.70. The van der Waals surface area contributed by atoms with Gasteiger partial charge in [0.05, 0.1) is 0 Å². The second-order valence-electron chi connectivity index (χ2n) is 3.13. The maximum Gasteiger partial charge on any atom is 0.331 e. The zero-order valence-electron chi connectivity index (χ0n) is 7.11. The summed E-state index contributed by atoms with van der Waals surface area (Å²) in [6.45, 7) is 5.76. The van der Waals surface area contributed by atoms with Gasteiger partial charge in [0.25, 0.3) is 0 Å². The van der Waals surface area contributed by atoms with E-state index in [9.17, 15) is 4.79 Å². The van der Waals surface area contributed by atoms with Crippen LogP contribution >= 0.6 is 11.6 Å². The van der Waals surface area contributed by atoms with Crippen molar-refractivity contribution in [3.05, 3.63) is 0 Å². The van der Waals surface area contributed by atoms with Gasteiger partial charge in [0.2, 0.25) is 0 Å². The van der Waals surface area contributed by atoms with Gasteiger partial charge in [-0.2, -0.15) is 0 Å². The van der Waals surface area contributed by atoms with Gasteiger partial charge in [0.1, 0.15) is 5.60 Å². The summed E-state index contributed by atoms with van der Waals surface area (Å²) in [4.78, 5) is 10.2. The lowest BCUT2D eigenvalue weighted by molar-refractivity contribution is -0.202. The largest absolute Gasteiger partial charge is 0.455 e. The number of esters is 1. The van der Waals surface area contributed by atoms with Crippen LogP contribution in [0.5, 0.6) is 0 Å². The van der Waals surface area contributed by atoms with Crippen LogP contribution in [0, 0.1) is 0 Å². The highest BCUT2D eigenvalue weighted by Crippen LogP contribution is 2.47. The van der Waals surface area contributed by atoms with Gasteiger partial charge in [-0.3, -0.25) is 0 Å². The van der Waals surface area contributed by atoms with Gasteiger partial charge in [0, 0.05) is 0 Å². The number of carbonyl (C=O) groups excluding carboxylic acids is 1. The molecule has 1 saturated heterocycles. The van der Waals surface area contributed by atoms with Crippen LogP contribution in [-0.2, 0) is 9.53 Å². The SMILES string of the molecule is CC[C@@]1(C)OC(=O)[C@@]1(Cl)CC. The molecule has 0 amide bonds. The van der Waals surface area contributed by atoms with Crippen LogP contribution in [0.1, 0.15) is 33.6 Å². The molecule has 2 atom stereocenters. The molecule has 2 nitrogen and oxygen atoms in total. The first kappa shape index (κ1) is 8.85.